The van der Waals surface area contributed by atoms with Gasteiger partial charge in [0.25, 0.3) is 0 Å². The number of hydrogen-bond acceptors (Lipinski definition) is 10. The Labute approximate surface area is 370 Å². The highest BCUT2D eigenvalue weighted by molar-refractivity contribution is 7.47. The summed E-state index contributed by atoms with van der Waals surface area (Å²) in [5.41, 5.74) is 0. The van der Waals surface area contributed by atoms with Gasteiger partial charge in [-0.2, -0.15) is 0 Å². The fraction of sp³-hybridized carbons (Fsp3) is 0.854. The minimum absolute atomic E-state index is 0.00699. The number of carbonyl (C=O) groups excluding carboxylic acids is 3. The van der Waals surface area contributed by atoms with Crippen LogP contribution in [0, 0.1) is 11.8 Å². The molecule has 1 aliphatic rings. The van der Waals surface area contributed by atoms with Crippen molar-refractivity contribution in [1.82, 2.24) is 0 Å². The third kappa shape index (κ3) is 32.4. The second-order valence-electron chi connectivity index (χ2n) is 18.3. The molecule has 0 radical (unpaired) electrons. The number of ketones is 1. The van der Waals surface area contributed by atoms with Crippen LogP contribution in [0.2, 0.25) is 0 Å². The van der Waals surface area contributed by atoms with Gasteiger partial charge in [0, 0.05) is 31.1 Å². The van der Waals surface area contributed by atoms with E-state index in [1.807, 2.05) is 27.2 Å². The fourth-order valence-corrected chi connectivity index (χ4v) is 8.23. The normalized spacial score (nSPS) is 19.1. The van der Waals surface area contributed by atoms with Crippen LogP contribution in [0.25, 0.3) is 0 Å². The van der Waals surface area contributed by atoms with E-state index in [-0.39, 0.29) is 50.1 Å². The first kappa shape index (κ1) is 57.1. The van der Waals surface area contributed by atoms with Crippen LogP contribution in [0.15, 0.2) is 24.3 Å². The van der Waals surface area contributed by atoms with Gasteiger partial charge in [-0.15, -0.1) is 0 Å². The topological polar surface area (TPSA) is 166 Å². The number of nitrogens with zero attached hydrogens (tertiary/aromatic N) is 1. The van der Waals surface area contributed by atoms with Gasteiger partial charge < -0.3 is 29.1 Å². The molecule has 13 heteroatoms. The number of aliphatic hydroxyl groups excluding tert-OH is 2. The second-order valence-corrected chi connectivity index (χ2v) is 19.7. The van der Waals surface area contributed by atoms with E-state index in [4.69, 9.17) is 18.5 Å². The Morgan fingerprint density at radius 2 is 1.30 bits per heavy atom. The van der Waals surface area contributed by atoms with Crippen LogP contribution in [0.5, 0.6) is 0 Å². The fourth-order valence-electron chi connectivity index (χ4n) is 7.49. The molecule has 0 aromatic rings. The lowest BCUT2D eigenvalue weighted by atomic mass is 9.88. The summed E-state index contributed by atoms with van der Waals surface area (Å²) >= 11 is 0. The molecule has 0 aromatic carbocycles. The number of hydrogen-bond donors (Lipinski definition) is 3. The van der Waals surface area contributed by atoms with Crippen LogP contribution < -0.4 is 0 Å². The van der Waals surface area contributed by atoms with Gasteiger partial charge in [-0.3, -0.25) is 23.4 Å². The highest BCUT2D eigenvalue weighted by Gasteiger charge is 2.39. The molecular weight excluding hydrogens is 797 g/mol. The van der Waals surface area contributed by atoms with Crippen molar-refractivity contribution in [3.05, 3.63) is 24.3 Å². The largest absolute Gasteiger partial charge is 0.472 e. The number of phosphoric ester groups is 1. The van der Waals surface area contributed by atoms with Crippen molar-refractivity contribution in [1.29, 1.82) is 0 Å². The number of phosphoric acid groups is 1. The van der Waals surface area contributed by atoms with Gasteiger partial charge in [0.2, 0.25) is 0 Å². The molecule has 1 saturated carbocycles. The average molecular weight is 887 g/mol. The van der Waals surface area contributed by atoms with Crippen molar-refractivity contribution in [2.24, 2.45) is 11.8 Å². The van der Waals surface area contributed by atoms with Crippen molar-refractivity contribution in [2.45, 2.75) is 206 Å². The number of quaternary nitrogens is 1. The molecule has 1 rings (SSSR count). The zero-order valence-corrected chi connectivity index (χ0v) is 40.0. The first-order valence-corrected chi connectivity index (χ1v) is 25.7. The molecule has 0 spiro atoms. The quantitative estimate of drug-likeness (QED) is 0.0176. The zero-order chi connectivity index (χ0) is 45.2. The summed E-state index contributed by atoms with van der Waals surface area (Å²) in [4.78, 5) is 48.3. The van der Waals surface area contributed by atoms with E-state index in [0.717, 1.165) is 64.2 Å². The van der Waals surface area contributed by atoms with Gasteiger partial charge in [-0.25, -0.2) is 4.57 Å². The molecule has 0 aliphatic heterocycles. The van der Waals surface area contributed by atoms with Crippen molar-refractivity contribution < 1.29 is 57.1 Å². The van der Waals surface area contributed by atoms with Crippen molar-refractivity contribution in [3.63, 3.8) is 0 Å². The van der Waals surface area contributed by atoms with Gasteiger partial charge in [0.15, 0.2) is 6.10 Å². The molecule has 0 amide bonds. The molecule has 1 unspecified atom stereocenters. The first-order valence-electron chi connectivity index (χ1n) is 24.2. The van der Waals surface area contributed by atoms with Crippen molar-refractivity contribution in [3.8, 4) is 0 Å². The predicted molar refractivity (Wildman–Crippen MR) is 244 cm³/mol. The lowest BCUT2D eigenvalue weighted by molar-refractivity contribution is -0.870. The summed E-state index contributed by atoms with van der Waals surface area (Å²) in [7, 11) is 1.35. The summed E-state index contributed by atoms with van der Waals surface area (Å²) in [6.07, 6.45) is 31.2. The average Bonchev–Trinajstić information content (AvgIpc) is 3.47. The summed E-state index contributed by atoms with van der Waals surface area (Å²) in [6, 6.07) is 0. The Morgan fingerprint density at radius 1 is 0.754 bits per heavy atom. The highest BCUT2D eigenvalue weighted by atomic mass is 31.2. The van der Waals surface area contributed by atoms with Crippen LogP contribution in [-0.2, 0) is 37.5 Å². The Hall–Kier alpha value is -1.92. The Kier molecular flexibility index (Phi) is 33.2. The molecule has 0 saturated heterocycles. The highest BCUT2D eigenvalue weighted by Crippen LogP contribution is 2.43. The van der Waals surface area contributed by atoms with E-state index in [2.05, 4.69) is 26.0 Å². The Balaban J connectivity index is 2.43. The van der Waals surface area contributed by atoms with Gasteiger partial charge >= 0.3 is 19.8 Å². The SMILES string of the molecule is CCCCCCCC/C=C\CCCCCCCCCC(=O)O[C@H](COC(=O)CCCCCC[C@H]1C(=O)C[C@@H](O)[C@@H]1/C=C/[C@@H](O)CCCCC)COP(=O)(O)OCC[N+](C)(C)C. The number of aliphatic hydroxyl groups is 2. The van der Waals surface area contributed by atoms with Gasteiger partial charge in [0.05, 0.1) is 40.0 Å². The third-order valence-corrected chi connectivity index (χ3v) is 12.3. The molecule has 6 atom stereocenters. The summed E-state index contributed by atoms with van der Waals surface area (Å²) in [5, 5.41) is 20.8. The zero-order valence-electron chi connectivity index (χ0n) is 39.1. The third-order valence-electron chi connectivity index (χ3n) is 11.3. The number of allylic oxidation sites excluding steroid dienone is 2. The summed E-state index contributed by atoms with van der Waals surface area (Å²) < 4.78 is 34.3. The Morgan fingerprint density at radius 3 is 1.90 bits per heavy atom. The maximum Gasteiger partial charge on any atom is 0.472 e. The van der Waals surface area contributed by atoms with Crippen LogP contribution in [0.1, 0.15) is 187 Å². The van der Waals surface area contributed by atoms with E-state index in [9.17, 15) is 34.1 Å². The van der Waals surface area contributed by atoms with Crippen molar-refractivity contribution >= 4 is 25.5 Å². The maximum atomic E-state index is 12.8. The number of likely N-dealkylation sites (N-methyl/N-ethyl adjacent to an activating group) is 1. The van der Waals surface area contributed by atoms with Crippen LogP contribution in [0.3, 0.4) is 0 Å². The minimum atomic E-state index is -4.44. The molecule has 356 valence electrons. The smallest absolute Gasteiger partial charge is 0.462 e. The lowest BCUT2D eigenvalue weighted by Gasteiger charge is -2.24. The molecular formula is C48H89NO11P+. The molecule has 0 bridgehead atoms. The second kappa shape index (κ2) is 35.4. The predicted octanol–water partition coefficient (Wildman–Crippen LogP) is 10.5. The monoisotopic (exact) mass is 887 g/mol. The van der Waals surface area contributed by atoms with Gasteiger partial charge in [-0.1, -0.05) is 141 Å². The molecule has 0 aromatic heterocycles. The summed E-state index contributed by atoms with van der Waals surface area (Å²) in [5.74, 6) is -1.47. The van der Waals surface area contributed by atoms with Gasteiger partial charge in [0.1, 0.15) is 25.5 Å². The minimum Gasteiger partial charge on any atom is -0.462 e. The number of carbonyl (C=O) groups is 3. The van der Waals surface area contributed by atoms with Crippen LogP contribution >= 0.6 is 7.82 Å². The standard InChI is InChI=1S/C48H88NO11P/c1-6-8-10-11-12-13-14-15-16-17-18-19-20-21-22-23-29-33-48(54)60-42(40-59-61(55,56)58-37-36-49(3,4)5)39-57-47(53)32-28-25-24-27-31-43-44(46(52)38-45(43)51)35-34-41(50)30-26-9-7-2/h15-16,34-35,41-44,46,50,52H,6-14,17-33,36-40H2,1-5H3/p+1/b16-15-,35-34+/t41-,42+,43+,44+,46+/m0/s1. The van der Waals surface area contributed by atoms with E-state index in [1.165, 1.54) is 64.2 Å². The Bertz CT molecular complexity index is 1250. The van der Waals surface area contributed by atoms with E-state index < -0.39 is 44.7 Å². The molecule has 12 nitrogen and oxygen atoms in total. The molecule has 61 heavy (non-hydrogen) atoms. The van der Waals surface area contributed by atoms with Crippen molar-refractivity contribution in [2.75, 3.05) is 47.5 Å². The molecule has 0 heterocycles. The number of rotatable bonds is 40. The summed E-state index contributed by atoms with van der Waals surface area (Å²) in [6.45, 7) is 4.05. The van der Waals surface area contributed by atoms with E-state index >= 15 is 0 Å². The van der Waals surface area contributed by atoms with Crippen LogP contribution in [-0.4, -0.2) is 103 Å². The molecule has 3 N–H and O–H groups in total. The number of Topliss-reactive ketones (excluding diaryl/α,β-unsaturated/α-hetero) is 1. The van der Waals surface area contributed by atoms with Crippen LogP contribution in [0.4, 0.5) is 0 Å². The number of unbranched alkanes of at least 4 members (excludes halogenated alkanes) is 18. The lowest BCUT2D eigenvalue weighted by Crippen LogP contribution is -2.37. The number of esters is 2. The molecule has 1 fully saturated rings. The van der Waals surface area contributed by atoms with E-state index in [1.54, 1.807) is 6.08 Å². The number of ether oxygens (including phenoxy) is 2. The first-order chi connectivity index (χ1) is 29.2. The van der Waals surface area contributed by atoms with Gasteiger partial charge in [-0.05, 0) is 51.4 Å². The molecule has 1 aliphatic carbocycles. The maximum absolute atomic E-state index is 12.8. The van der Waals surface area contributed by atoms with E-state index in [0.29, 0.717) is 36.7 Å².